The maximum Gasteiger partial charge on any atom is 0.147 e. The molecule has 150 valence electrons. The molecule has 3 heteroatoms. The standard InChI is InChI=1S/C16H24O3.C5H10.C2H6/c1-11-3-4-14-12-9-18-10-19-15(12)5-7-16(14,2)13(11)6-8-17;1-2-4-5-3-1;1-2/h8,12-15H,1,3-7,9-10H2,2H3;1-5H2;1-2H3. The van der Waals surface area contributed by atoms with Gasteiger partial charge in [0.2, 0.25) is 0 Å². The molecule has 3 aliphatic carbocycles. The third kappa shape index (κ3) is 4.78. The van der Waals surface area contributed by atoms with Gasteiger partial charge in [0, 0.05) is 12.3 Å². The van der Waals surface area contributed by atoms with Crippen molar-refractivity contribution in [3.63, 3.8) is 0 Å². The Morgan fingerprint density at radius 2 is 1.81 bits per heavy atom. The molecular formula is C23H40O3. The summed E-state index contributed by atoms with van der Waals surface area (Å²) in [4.78, 5) is 11.0. The van der Waals surface area contributed by atoms with Gasteiger partial charge in [0.05, 0.1) is 12.7 Å². The maximum absolute atomic E-state index is 11.0. The predicted molar refractivity (Wildman–Crippen MR) is 107 cm³/mol. The third-order valence-electron chi connectivity index (χ3n) is 7.13. The zero-order valence-corrected chi connectivity index (χ0v) is 17.3. The highest BCUT2D eigenvalue weighted by Gasteiger charge is 2.53. The van der Waals surface area contributed by atoms with Crippen molar-refractivity contribution < 1.29 is 14.3 Å². The van der Waals surface area contributed by atoms with E-state index in [0.29, 0.717) is 37.1 Å². The summed E-state index contributed by atoms with van der Waals surface area (Å²) in [7, 11) is 0. The van der Waals surface area contributed by atoms with Crippen molar-refractivity contribution in [3.8, 4) is 0 Å². The molecule has 5 atom stereocenters. The van der Waals surface area contributed by atoms with Gasteiger partial charge in [-0.15, -0.1) is 0 Å². The Morgan fingerprint density at radius 1 is 1.15 bits per heavy atom. The second-order valence-corrected chi connectivity index (χ2v) is 8.43. The number of hydrogen-bond acceptors (Lipinski definition) is 3. The molecule has 1 aliphatic heterocycles. The molecule has 0 N–H and O–H groups in total. The van der Waals surface area contributed by atoms with E-state index in [1.54, 1.807) is 0 Å². The molecule has 3 nitrogen and oxygen atoms in total. The van der Waals surface area contributed by atoms with Crippen molar-refractivity contribution in [1.82, 2.24) is 0 Å². The normalized spacial score (nSPS) is 38.7. The Balaban J connectivity index is 0.000000295. The van der Waals surface area contributed by atoms with Crippen molar-refractivity contribution >= 4 is 6.29 Å². The first-order valence-electron chi connectivity index (χ1n) is 11.0. The predicted octanol–water partition coefficient (Wildman–Crippen LogP) is 5.92. The lowest BCUT2D eigenvalue weighted by Crippen LogP contribution is -2.54. The van der Waals surface area contributed by atoms with Crippen LogP contribution in [0, 0.1) is 23.2 Å². The lowest BCUT2D eigenvalue weighted by Gasteiger charge is -2.57. The van der Waals surface area contributed by atoms with Crippen LogP contribution in [-0.2, 0) is 14.3 Å². The number of carbonyl (C=O) groups is 1. The van der Waals surface area contributed by atoms with E-state index in [2.05, 4.69) is 13.5 Å². The Bertz CT molecular complexity index is 435. The number of ether oxygens (including phenoxy) is 2. The molecular weight excluding hydrogens is 324 g/mol. The van der Waals surface area contributed by atoms with Gasteiger partial charge in [0.25, 0.3) is 0 Å². The minimum absolute atomic E-state index is 0.210. The Hall–Kier alpha value is -0.670. The van der Waals surface area contributed by atoms with Crippen LogP contribution in [0.15, 0.2) is 12.2 Å². The number of aldehydes is 1. The van der Waals surface area contributed by atoms with E-state index >= 15 is 0 Å². The van der Waals surface area contributed by atoms with E-state index in [9.17, 15) is 4.79 Å². The van der Waals surface area contributed by atoms with Crippen molar-refractivity contribution in [2.24, 2.45) is 23.2 Å². The topological polar surface area (TPSA) is 35.5 Å². The van der Waals surface area contributed by atoms with Gasteiger partial charge in [-0.25, -0.2) is 0 Å². The van der Waals surface area contributed by atoms with Crippen LogP contribution in [0.3, 0.4) is 0 Å². The molecule has 26 heavy (non-hydrogen) atoms. The van der Waals surface area contributed by atoms with Crippen molar-refractivity contribution in [1.29, 1.82) is 0 Å². The van der Waals surface area contributed by atoms with Crippen molar-refractivity contribution in [2.75, 3.05) is 13.4 Å². The van der Waals surface area contributed by atoms with Crippen LogP contribution in [0.2, 0.25) is 0 Å². The first-order valence-corrected chi connectivity index (χ1v) is 11.0. The van der Waals surface area contributed by atoms with Gasteiger partial charge in [-0.3, -0.25) is 0 Å². The molecule has 1 heterocycles. The largest absolute Gasteiger partial charge is 0.355 e. The minimum atomic E-state index is 0.210. The van der Waals surface area contributed by atoms with Crippen LogP contribution in [0.4, 0.5) is 0 Å². The molecule has 0 radical (unpaired) electrons. The molecule has 5 unspecified atom stereocenters. The molecule has 0 spiro atoms. The number of hydrogen-bond donors (Lipinski definition) is 0. The minimum Gasteiger partial charge on any atom is -0.355 e. The summed E-state index contributed by atoms with van der Waals surface area (Å²) in [6.45, 7) is 11.9. The summed E-state index contributed by atoms with van der Waals surface area (Å²) >= 11 is 0. The Labute approximate surface area is 160 Å². The first kappa shape index (κ1) is 21.6. The van der Waals surface area contributed by atoms with Crippen LogP contribution in [-0.4, -0.2) is 25.8 Å². The lowest BCUT2D eigenvalue weighted by molar-refractivity contribution is -0.218. The van der Waals surface area contributed by atoms with E-state index in [1.807, 2.05) is 13.8 Å². The SMILES string of the molecule is C1CCCC1.C=C1CCC2C3COCOC3CCC2(C)C1CC=O.CC. The summed E-state index contributed by atoms with van der Waals surface area (Å²) in [5.74, 6) is 1.48. The lowest BCUT2D eigenvalue weighted by atomic mass is 9.50. The highest BCUT2D eigenvalue weighted by atomic mass is 16.7. The van der Waals surface area contributed by atoms with E-state index < -0.39 is 0 Å². The molecule has 4 fully saturated rings. The Kier molecular flexibility index (Phi) is 8.83. The fourth-order valence-corrected chi connectivity index (χ4v) is 5.72. The van der Waals surface area contributed by atoms with Gasteiger partial charge in [-0.1, -0.05) is 65.0 Å². The van der Waals surface area contributed by atoms with E-state index in [4.69, 9.17) is 9.47 Å². The van der Waals surface area contributed by atoms with Crippen molar-refractivity contribution in [3.05, 3.63) is 12.2 Å². The maximum atomic E-state index is 11.0. The van der Waals surface area contributed by atoms with Crippen LogP contribution in [0.1, 0.15) is 85.0 Å². The summed E-state index contributed by atoms with van der Waals surface area (Å²) in [6.07, 6.45) is 14.1. The fourth-order valence-electron chi connectivity index (χ4n) is 5.72. The molecule has 4 aliphatic rings. The Morgan fingerprint density at radius 3 is 2.42 bits per heavy atom. The molecule has 4 rings (SSSR count). The number of fused-ring (bicyclic) bond motifs is 3. The van der Waals surface area contributed by atoms with Crippen LogP contribution in [0.25, 0.3) is 0 Å². The zero-order chi connectivity index (χ0) is 19.0. The number of rotatable bonds is 2. The molecule has 0 aromatic heterocycles. The number of carbonyl (C=O) groups excluding carboxylic acids is 1. The molecule has 0 bridgehead atoms. The first-order chi connectivity index (χ1) is 12.7. The average Bonchev–Trinajstić information content (AvgIpc) is 3.26. The summed E-state index contributed by atoms with van der Waals surface area (Å²) in [5.41, 5.74) is 1.49. The van der Waals surface area contributed by atoms with E-state index in [-0.39, 0.29) is 5.41 Å². The quantitative estimate of drug-likeness (QED) is 0.450. The van der Waals surface area contributed by atoms with Gasteiger partial charge in [0.15, 0.2) is 0 Å². The van der Waals surface area contributed by atoms with Crippen LogP contribution >= 0.6 is 0 Å². The van der Waals surface area contributed by atoms with E-state index in [0.717, 1.165) is 32.2 Å². The second kappa shape index (κ2) is 10.6. The summed E-state index contributed by atoms with van der Waals surface area (Å²) in [6, 6.07) is 0. The molecule has 3 saturated carbocycles. The van der Waals surface area contributed by atoms with Gasteiger partial charge in [0.1, 0.15) is 13.1 Å². The third-order valence-corrected chi connectivity index (χ3v) is 7.13. The summed E-state index contributed by atoms with van der Waals surface area (Å²) in [5, 5.41) is 0. The second-order valence-electron chi connectivity index (χ2n) is 8.43. The number of allylic oxidation sites excluding steroid dienone is 1. The zero-order valence-electron chi connectivity index (χ0n) is 17.3. The molecule has 0 aromatic rings. The smallest absolute Gasteiger partial charge is 0.147 e. The van der Waals surface area contributed by atoms with Crippen LogP contribution < -0.4 is 0 Å². The van der Waals surface area contributed by atoms with Gasteiger partial charge in [-0.2, -0.15) is 0 Å². The molecule has 1 saturated heterocycles. The highest BCUT2D eigenvalue weighted by molar-refractivity contribution is 5.51. The monoisotopic (exact) mass is 364 g/mol. The van der Waals surface area contributed by atoms with Gasteiger partial charge < -0.3 is 14.3 Å². The van der Waals surface area contributed by atoms with E-state index in [1.165, 1.54) is 44.1 Å². The van der Waals surface area contributed by atoms with Gasteiger partial charge >= 0.3 is 0 Å². The average molecular weight is 365 g/mol. The van der Waals surface area contributed by atoms with Crippen LogP contribution in [0.5, 0.6) is 0 Å². The fraction of sp³-hybridized carbons (Fsp3) is 0.870. The molecule has 0 aromatic carbocycles. The van der Waals surface area contributed by atoms with Gasteiger partial charge in [-0.05, 0) is 42.9 Å². The molecule has 0 amide bonds. The van der Waals surface area contributed by atoms with Crippen molar-refractivity contribution in [2.45, 2.75) is 91.1 Å². The highest BCUT2D eigenvalue weighted by Crippen LogP contribution is 2.58. The summed E-state index contributed by atoms with van der Waals surface area (Å²) < 4.78 is 11.3.